The Kier molecular flexibility index (Phi) is 5.12. The molecule has 1 saturated carbocycles. The molecule has 0 atom stereocenters. The van der Waals surface area contributed by atoms with Crippen LogP contribution in [0.1, 0.15) is 50.2 Å². The molecule has 5 heteroatoms. The summed E-state index contributed by atoms with van der Waals surface area (Å²) in [4.78, 5) is 28.3. The van der Waals surface area contributed by atoms with Crippen molar-refractivity contribution >= 4 is 11.9 Å². The molecule has 2 aromatic carbocycles. The minimum atomic E-state index is -0.922. The standard InChI is InChI=1S/C24H22N2O3/c1-15-5-7-17(21(11-15)24(28)29)12-16-6-10-22(25-14-16)18-3-2-4-19(13-18)23(27)26-20-8-9-20/h2-7,10-11,13-14,20H,8-9,12H2,1H3,(H,26,27)(H,28,29). The smallest absolute Gasteiger partial charge is 0.335 e. The van der Waals surface area contributed by atoms with Gasteiger partial charge in [0.05, 0.1) is 11.3 Å². The number of nitrogens with one attached hydrogen (secondary N) is 1. The van der Waals surface area contributed by atoms with Gasteiger partial charge in [0.1, 0.15) is 0 Å². The number of amides is 1. The number of benzene rings is 2. The molecular formula is C24H22N2O3. The molecule has 146 valence electrons. The molecule has 0 radical (unpaired) electrons. The molecule has 1 aliphatic rings. The monoisotopic (exact) mass is 386 g/mol. The van der Waals surface area contributed by atoms with Gasteiger partial charge in [-0.05, 0) is 61.6 Å². The van der Waals surface area contributed by atoms with Crippen molar-refractivity contribution in [2.45, 2.75) is 32.2 Å². The van der Waals surface area contributed by atoms with E-state index in [0.29, 0.717) is 23.6 Å². The molecule has 0 spiro atoms. The molecule has 1 aromatic heterocycles. The molecule has 0 saturated heterocycles. The summed E-state index contributed by atoms with van der Waals surface area (Å²) in [5.41, 5.74) is 5.22. The van der Waals surface area contributed by atoms with Crippen LogP contribution < -0.4 is 5.32 Å². The minimum absolute atomic E-state index is 0.0495. The number of pyridine rings is 1. The number of aryl methyl sites for hydroxylation is 1. The molecule has 0 unspecified atom stereocenters. The predicted molar refractivity (Wildman–Crippen MR) is 111 cm³/mol. The number of carbonyl (C=O) groups excluding carboxylic acids is 1. The van der Waals surface area contributed by atoms with Crippen LogP contribution in [0.4, 0.5) is 0 Å². The Morgan fingerprint density at radius 3 is 2.62 bits per heavy atom. The Bertz CT molecular complexity index is 1070. The first kappa shape index (κ1) is 18.9. The fourth-order valence-electron chi connectivity index (χ4n) is 3.28. The maximum atomic E-state index is 12.3. The molecule has 1 fully saturated rings. The molecular weight excluding hydrogens is 364 g/mol. The number of aromatic nitrogens is 1. The van der Waals surface area contributed by atoms with E-state index < -0.39 is 5.97 Å². The van der Waals surface area contributed by atoms with Crippen molar-refractivity contribution in [2.75, 3.05) is 0 Å². The van der Waals surface area contributed by atoms with Crippen molar-refractivity contribution in [3.05, 3.63) is 88.6 Å². The van der Waals surface area contributed by atoms with Crippen LogP contribution in [0.5, 0.6) is 0 Å². The molecule has 1 aliphatic carbocycles. The first-order valence-electron chi connectivity index (χ1n) is 9.68. The largest absolute Gasteiger partial charge is 0.478 e. The van der Waals surface area contributed by atoms with Crippen LogP contribution in [0, 0.1) is 6.92 Å². The second-order valence-corrected chi connectivity index (χ2v) is 7.52. The van der Waals surface area contributed by atoms with Gasteiger partial charge in [0.15, 0.2) is 0 Å². The van der Waals surface area contributed by atoms with Crippen LogP contribution in [-0.4, -0.2) is 28.0 Å². The van der Waals surface area contributed by atoms with Gasteiger partial charge >= 0.3 is 5.97 Å². The lowest BCUT2D eigenvalue weighted by atomic mass is 9.98. The summed E-state index contributed by atoms with van der Waals surface area (Å²) in [5.74, 6) is -0.971. The Morgan fingerprint density at radius 1 is 1.10 bits per heavy atom. The molecule has 5 nitrogen and oxygen atoms in total. The maximum absolute atomic E-state index is 12.3. The van der Waals surface area contributed by atoms with Crippen molar-refractivity contribution in [3.63, 3.8) is 0 Å². The first-order valence-corrected chi connectivity index (χ1v) is 9.68. The fourth-order valence-corrected chi connectivity index (χ4v) is 3.28. The highest BCUT2D eigenvalue weighted by atomic mass is 16.4. The third kappa shape index (κ3) is 4.51. The summed E-state index contributed by atoms with van der Waals surface area (Å²) in [6.45, 7) is 1.88. The van der Waals surface area contributed by atoms with E-state index in [4.69, 9.17) is 0 Å². The topological polar surface area (TPSA) is 79.3 Å². The molecule has 4 rings (SSSR count). The Hall–Kier alpha value is -3.47. The van der Waals surface area contributed by atoms with Gasteiger partial charge in [0, 0.05) is 23.4 Å². The van der Waals surface area contributed by atoms with E-state index >= 15 is 0 Å². The van der Waals surface area contributed by atoms with E-state index in [1.165, 1.54) is 0 Å². The summed E-state index contributed by atoms with van der Waals surface area (Å²) in [6, 6.07) is 17.1. The zero-order chi connectivity index (χ0) is 20.4. The number of hydrogen-bond donors (Lipinski definition) is 2. The Labute approximate surface area is 169 Å². The minimum Gasteiger partial charge on any atom is -0.478 e. The summed E-state index contributed by atoms with van der Waals surface area (Å²) in [7, 11) is 0. The Balaban J connectivity index is 1.53. The summed E-state index contributed by atoms with van der Waals surface area (Å²) < 4.78 is 0. The fraction of sp³-hybridized carbons (Fsp3) is 0.208. The molecule has 29 heavy (non-hydrogen) atoms. The zero-order valence-electron chi connectivity index (χ0n) is 16.2. The summed E-state index contributed by atoms with van der Waals surface area (Å²) >= 11 is 0. The SMILES string of the molecule is Cc1ccc(Cc2ccc(-c3cccc(C(=O)NC4CC4)c3)nc2)c(C(=O)O)c1. The maximum Gasteiger partial charge on any atom is 0.335 e. The second-order valence-electron chi connectivity index (χ2n) is 7.52. The van der Waals surface area contributed by atoms with Crippen LogP contribution in [0.15, 0.2) is 60.8 Å². The van der Waals surface area contributed by atoms with Crippen LogP contribution in [0.25, 0.3) is 11.3 Å². The van der Waals surface area contributed by atoms with Crippen molar-refractivity contribution in [1.82, 2.24) is 10.3 Å². The molecule has 0 bridgehead atoms. The highest BCUT2D eigenvalue weighted by molar-refractivity contribution is 5.95. The number of rotatable bonds is 6. The third-order valence-corrected chi connectivity index (χ3v) is 5.05. The highest BCUT2D eigenvalue weighted by Crippen LogP contribution is 2.23. The van der Waals surface area contributed by atoms with E-state index in [0.717, 1.165) is 40.8 Å². The van der Waals surface area contributed by atoms with Gasteiger partial charge in [-0.2, -0.15) is 0 Å². The van der Waals surface area contributed by atoms with E-state index in [9.17, 15) is 14.7 Å². The van der Waals surface area contributed by atoms with Gasteiger partial charge in [0.25, 0.3) is 5.91 Å². The normalized spacial score (nSPS) is 13.1. The summed E-state index contributed by atoms with van der Waals surface area (Å²) in [5, 5.41) is 12.4. The lowest BCUT2D eigenvalue weighted by Crippen LogP contribution is -2.25. The number of aromatic carboxylic acids is 1. The molecule has 2 N–H and O–H groups in total. The lowest BCUT2D eigenvalue weighted by molar-refractivity contribution is 0.0695. The first-order chi connectivity index (χ1) is 14.0. The molecule has 1 amide bonds. The molecule has 0 aliphatic heterocycles. The van der Waals surface area contributed by atoms with E-state index in [1.807, 2.05) is 49.4 Å². The van der Waals surface area contributed by atoms with Crippen LogP contribution in [-0.2, 0) is 6.42 Å². The summed E-state index contributed by atoms with van der Waals surface area (Å²) in [6.07, 6.45) is 4.37. The second kappa shape index (κ2) is 7.87. The average molecular weight is 386 g/mol. The number of carboxylic acids is 1. The number of hydrogen-bond acceptors (Lipinski definition) is 3. The van der Waals surface area contributed by atoms with Gasteiger partial charge in [-0.1, -0.05) is 35.9 Å². The van der Waals surface area contributed by atoms with Crippen molar-refractivity contribution in [3.8, 4) is 11.3 Å². The van der Waals surface area contributed by atoms with Crippen LogP contribution in [0.3, 0.4) is 0 Å². The average Bonchev–Trinajstić information content (AvgIpc) is 3.54. The third-order valence-electron chi connectivity index (χ3n) is 5.05. The van der Waals surface area contributed by atoms with E-state index in [2.05, 4.69) is 10.3 Å². The number of carboxylic acid groups (broad SMARTS) is 1. The highest BCUT2D eigenvalue weighted by Gasteiger charge is 2.23. The van der Waals surface area contributed by atoms with Crippen molar-refractivity contribution < 1.29 is 14.7 Å². The Morgan fingerprint density at radius 2 is 1.93 bits per heavy atom. The van der Waals surface area contributed by atoms with E-state index in [1.54, 1.807) is 18.3 Å². The zero-order valence-corrected chi connectivity index (χ0v) is 16.2. The van der Waals surface area contributed by atoms with Gasteiger partial charge < -0.3 is 10.4 Å². The van der Waals surface area contributed by atoms with Crippen molar-refractivity contribution in [2.24, 2.45) is 0 Å². The number of carbonyl (C=O) groups is 2. The van der Waals surface area contributed by atoms with E-state index in [-0.39, 0.29) is 5.91 Å². The van der Waals surface area contributed by atoms with Gasteiger partial charge in [-0.25, -0.2) is 4.79 Å². The molecule has 1 heterocycles. The van der Waals surface area contributed by atoms with Crippen LogP contribution in [0.2, 0.25) is 0 Å². The van der Waals surface area contributed by atoms with Gasteiger partial charge in [-0.15, -0.1) is 0 Å². The van der Waals surface area contributed by atoms with Crippen LogP contribution >= 0.6 is 0 Å². The lowest BCUT2D eigenvalue weighted by Gasteiger charge is -2.09. The van der Waals surface area contributed by atoms with Gasteiger partial charge in [-0.3, -0.25) is 9.78 Å². The van der Waals surface area contributed by atoms with Gasteiger partial charge in [0.2, 0.25) is 0 Å². The predicted octanol–water partition coefficient (Wildman–Crippen LogP) is 4.24. The molecule has 3 aromatic rings. The number of nitrogens with zero attached hydrogens (tertiary/aromatic N) is 1. The van der Waals surface area contributed by atoms with Crippen molar-refractivity contribution in [1.29, 1.82) is 0 Å². The quantitative estimate of drug-likeness (QED) is 0.664.